The normalized spacial score (nSPS) is 10.4. The van der Waals surface area contributed by atoms with Crippen LogP contribution >= 0.6 is 11.3 Å². The molecule has 3 rings (SSSR count). The van der Waals surface area contributed by atoms with Gasteiger partial charge in [-0.2, -0.15) is 0 Å². The van der Waals surface area contributed by atoms with Crippen LogP contribution in [-0.2, 0) is 6.54 Å². The molecule has 0 saturated heterocycles. The molecule has 0 aliphatic heterocycles. The molecule has 0 spiro atoms. The van der Waals surface area contributed by atoms with Gasteiger partial charge in [0.15, 0.2) is 11.5 Å². The van der Waals surface area contributed by atoms with Crippen molar-refractivity contribution in [2.45, 2.75) is 6.54 Å². The zero-order valence-electron chi connectivity index (χ0n) is 11.8. The number of methoxy groups -OCH3 is 1. The molecule has 112 valence electrons. The second kappa shape index (κ2) is 6.40. The van der Waals surface area contributed by atoms with Crippen molar-refractivity contribution in [2.24, 2.45) is 0 Å². The van der Waals surface area contributed by atoms with Crippen molar-refractivity contribution >= 4 is 17.2 Å². The quantitative estimate of drug-likeness (QED) is 0.783. The molecule has 0 aliphatic rings. The van der Waals surface area contributed by atoms with Crippen LogP contribution in [0, 0.1) is 0 Å². The topological polar surface area (TPSA) is 77.2 Å². The first-order chi connectivity index (χ1) is 10.8. The Kier molecular flexibility index (Phi) is 4.15. The van der Waals surface area contributed by atoms with Crippen molar-refractivity contribution < 1.29 is 14.1 Å². The highest BCUT2D eigenvalue weighted by Gasteiger charge is 2.14. The van der Waals surface area contributed by atoms with E-state index in [1.54, 1.807) is 25.4 Å². The van der Waals surface area contributed by atoms with Crippen molar-refractivity contribution in [3.8, 4) is 16.5 Å². The van der Waals surface area contributed by atoms with E-state index in [4.69, 9.17) is 9.26 Å². The molecule has 6 nitrogen and oxygen atoms in total. The summed E-state index contributed by atoms with van der Waals surface area (Å²) in [6, 6.07) is 9.03. The number of hydrogen-bond acceptors (Lipinski definition) is 6. The average molecular weight is 315 g/mol. The molecule has 1 N–H and O–H groups in total. The maximum atomic E-state index is 12.1. The van der Waals surface area contributed by atoms with Gasteiger partial charge in [0, 0.05) is 24.9 Å². The first kappa shape index (κ1) is 14.3. The number of thiophene rings is 1. The number of pyridine rings is 1. The van der Waals surface area contributed by atoms with E-state index in [0.717, 1.165) is 10.4 Å². The summed E-state index contributed by atoms with van der Waals surface area (Å²) in [5, 5.41) is 8.52. The Morgan fingerprint density at radius 3 is 3.09 bits per heavy atom. The monoisotopic (exact) mass is 315 g/mol. The fourth-order valence-corrected chi connectivity index (χ4v) is 2.54. The predicted octanol–water partition coefficient (Wildman–Crippen LogP) is 2.74. The molecule has 3 heterocycles. The summed E-state index contributed by atoms with van der Waals surface area (Å²) in [6.07, 6.45) is 1.63. The number of nitrogens with zero attached hydrogens (tertiary/aromatic N) is 2. The third-order valence-electron chi connectivity index (χ3n) is 2.97. The first-order valence-corrected chi connectivity index (χ1v) is 7.42. The van der Waals surface area contributed by atoms with E-state index >= 15 is 0 Å². The van der Waals surface area contributed by atoms with Crippen molar-refractivity contribution in [3.63, 3.8) is 0 Å². The van der Waals surface area contributed by atoms with Gasteiger partial charge in [-0.15, -0.1) is 11.3 Å². The number of rotatable bonds is 5. The Bertz CT molecular complexity index is 768. The lowest BCUT2D eigenvalue weighted by Crippen LogP contribution is -2.23. The molecular weight excluding hydrogens is 302 g/mol. The Labute approximate surface area is 130 Å². The van der Waals surface area contributed by atoms with Crippen molar-refractivity contribution in [1.82, 2.24) is 15.5 Å². The van der Waals surface area contributed by atoms with Crippen LogP contribution < -0.4 is 10.1 Å². The second-order valence-corrected chi connectivity index (χ2v) is 5.39. The van der Waals surface area contributed by atoms with E-state index in [1.807, 2.05) is 23.6 Å². The highest BCUT2D eigenvalue weighted by atomic mass is 32.1. The van der Waals surface area contributed by atoms with E-state index in [2.05, 4.69) is 15.5 Å². The molecule has 3 aromatic rings. The lowest BCUT2D eigenvalue weighted by atomic mass is 10.2. The molecule has 22 heavy (non-hydrogen) atoms. The minimum absolute atomic E-state index is 0.254. The van der Waals surface area contributed by atoms with Gasteiger partial charge in [0.1, 0.15) is 0 Å². The molecule has 0 aliphatic carbocycles. The maximum absolute atomic E-state index is 12.1. The third-order valence-corrected chi connectivity index (χ3v) is 3.85. The van der Waals surface area contributed by atoms with Crippen molar-refractivity contribution in [3.05, 3.63) is 53.2 Å². The van der Waals surface area contributed by atoms with Crippen LogP contribution in [0.15, 0.2) is 46.4 Å². The maximum Gasteiger partial charge on any atom is 0.273 e. The minimum Gasteiger partial charge on any atom is -0.481 e. The highest BCUT2D eigenvalue weighted by molar-refractivity contribution is 7.13. The fourth-order valence-electron chi connectivity index (χ4n) is 1.86. The van der Waals surface area contributed by atoms with Gasteiger partial charge in [-0.05, 0) is 23.1 Å². The molecule has 0 fully saturated rings. The van der Waals surface area contributed by atoms with Gasteiger partial charge in [0.05, 0.1) is 12.0 Å². The Morgan fingerprint density at radius 1 is 1.41 bits per heavy atom. The van der Waals surface area contributed by atoms with Crippen LogP contribution in [0.25, 0.3) is 10.6 Å². The lowest BCUT2D eigenvalue weighted by molar-refractivity contribution is 0.0942. The van der Waals surface area contributed by atoms with E-state index in [1.165, 1.54) is 11.3 Å². The molecular formula is C15H13N3O3S. The summed E-state index contributed by atoms with van der Waals surface area (Å²) < 4.78 is 10.2. The Balaban J connectivity index is 1.64. The Morgan fingerprint density at radius 2 is 2.32 bits per heavy atom. The zero-order chi connectivity index (χ0) is 15.4. The van der Waals surface area contributed by atoms with Gasteiger partial charge in [-0.1, -0.05) is 11.2 Å². The van der Waals surface area contributed by atoms with E-state index in [-0.39, 0.29) is 11.6 Å². The number of nitrogens with one attached hydrogen (secondary N) is 1. The summed E-state index contributed by atoms with van der Waals surface area (Å²) >= 11 is 1.53. The van der Waals surface area contributed by atoms with Crippen LogP contribution in [0.1, 0.15) is 16.1 Å². The largest absolute Gasteiger partial charge is 0.481 e. The molecule has 0 radical (unpaired) electrons. The van der Waals surface area contributed by atoms with Gasteiger partial charge < -0.3 is 14.6 Å². The molecule has 0 atom stereocenters. The van der Waals surface area contributed by atoms with Crippen LogP contribution in [0.5, 0.6) is 5.88 Å². The smallest absolute Gasteiger partial charge is 0.273 e. The molecule has 0 aromatic carbocycles. The molecule has 7 heteroatoms. The molecule has 0 bridgehead atoms. The minimum atomic E-state index is -0.290. The Hall–Kier alpha value is -2.67. The average Bonchev–Trinajstić information content (AvgIpc) is 3.23. The van der Waals surface area contributed by atoms with Gasteiger partial charge in [0.25, 0.3) is 5.91 Å². The number of amides is 1. The molecule has 3 aromatic heterocycles. The van der Waals surface area contributed by atoms with Gasteiger partial charge >= 0.3 is 0 Å². The SMILES string of the molecule is COc1cc(CNC(=O)c2cc(-c3cccs3)on2)ccn1. The third kappa shape index (κ3) is 3.15. The number of carbonyl (C=O) groups is 1. The number of ether oxygens (including phenoxy) is 1. The number of carbonyl (C=O) groups excluding carboxylic acids is 1. The number of aromatic nitrogens is 2. The van der Waals surface area contributed by atoms with Crippen molar-refractivity contribution in [2.75, 3.05) is 7.11 Å². The van der Waals surface area contributed by atoms with Crippen molar-refractivity contribution in [1.29, 1.82) is 0 Å². The van der Waals surface area contributed by atoms with E-state index in [0.29, 0.717) is 18.2 Å². The fraction of sp³-hybridized carbons (Fsp3) is 0.133. The van der Waals surface area contributed by atoms with Gasteiger partial charge in [-0.3, -0.25) is 4.79 Å². The van der Waals surface area contributed by atoms with Crippen LogP contribution in [0.3, 0.4) is 0 Å². The number of hydrogen-bond donors (Lipinski definition) is 1. The second-order valence-electron chi connectivity index (χ2n) is 4.44. The predicted molar refractivity (Wildman–Crippen MR) is 81.8 cm³/mol. The van der Waals surface area contributed by atoms with Crippen LogP contribution in [0.2, 0.25) is 0 Å². The summed E-state index contributed by atoms with van der Waals surface area (Å²) in [6.45, 7) is 0.360. The van der Waals surface area contributed by atoms with E-state index in [9.17, 15) is 4.79 Å². The summed E-state index contributed by atoms with van der Waals surface area (Å²) in [7, 11) is 1.55. The standard InChI is InChI=1S/C15H13N3O3S/c1-20-14-7-10(4-5-16-14)9-17-15(19)11-8-12(21-18-11)13-3-2-6-22-13/h2-8H,9H2,1H3,(H,17,19). The summed E-state index contributed by atoms with van der Waals surface area (Å²) in [5.74, 6) is 0.807. The summed E-state index contributed by atoms with van der Waals surface area (Å²) in [4.78, 5) is 17.0. The van der Waals surface area contributed by atoms with Gasteiger partial charge in [-0.25, -0.2) is 4.98 Å². The highest BCUT2D eigenvalue weighted by Crippen LogP contribution is 2.25. The summed E-state index contributed by atoms with van der Waals surface area (Å²) in [5.41, 5.74) is 1.14. The first-order valence-electron chi connectivity index (χ1n) is 6.54. The molecule has 0 saturated carbocycles. The lowest BCUT2D eigenvalue weighted by Gasteiger charge is -2.04. The molecule has 0 unspecified atom stereocenters. The van der Waals surface area contributed by atoms with E-state index < -0.39 is 0 Å². The van der Waals surface area contributed by atoms with Crippen LogP contribution in [-0.4, -0.2) is 23.2 Å². The zero-order valence-corrected chi connectivity index (χ0v) is 12.6. The van der Waals surface area contributed by atoms with Gasteiger partial charge in [0.2, 0.25) is 5.88 Å². The van der Waals surface area contributed by atoms with Crippen LogP contribution in [0.4, 0.5) is 0 Å². The molecule has 1 amide bonds.